The first-order chi connectivity index (χ1) is 14.1. The summed E-state index contributed by atoms with van der Waals surface area (Å²) in [5, 5.41) is 10.2. The largest absolute Gasteiger partial charge is 0.393 e. The molecule has 1 fully saturated rings. The van der Waals surface area contributed by atoms with Crippen LogP contribution in [0.1, 0.15) is 92.4 Å². The number of aliphatic hydroxyl groups is 1. The highest BCUT2D eigenvalue weighted by molar-refractivity contribution is 6.02. The third-order valence-electron chi connectivity index (χ3n) is 9.75. The van der Waals surface area contributed by atoms with Gasteiger partial charge in [-0.3, -0.25) is 4.79 Å². The molecule has 0 aromatic rings. The van der Waals surface area contributed by atoms with E-state index in [1.165, 1.54) is 29.6 Å². The average molecular weight is 411 g/mol. The van der Waals surface area contributed by atoms with Crippen LogP contribution in [0.15, 0.2) is 34.9 Å². The maximum absolute atomic E-state index is 13.4. The van der Waals surface area contributed by atoms with E-state index in [-0.39, 0.29) is 16.9 Å². The van der Waals surface area contributed by atoms with Gasteiger partial charge in [-0.1, -0.05) is 58.4 Å². The number of carbonyl (C=O) groups is 1. The quantitative estimate of drug-likeness (QED) is 0.506. The van der Waals surface area contributed by atoms with Gasteiger partial charge in [0.1, 0.15) is 0 Å². The minimum Gasteiger partial charge on any atom is -0.393 e. The zero-order valence-electron chi connectivity index (χ0n) is 19.9. The van der Waals surface area contributed by atoms with Crippen molar-refractivity contribution < 1.29 is 9.90 Å². The maximum Gasteiger partial charge on any atom is 0.163 e. The Labute approximate surface area is 183 Å². The fourth-order valence-electron chi connectivity index (χ4n) is 7.38. The Morgan fingerprint density at radius 3 is 2.67 bits per heavy atom. The summed E-state index contributed by atoms with van der Waals surface area (Å²) in [6.07, 6.45) is 11.3. The molecule has 2 nitrogen and oxygen atoms in total. The molecule has 4 aliphatic rings. The number of aliphatic hydroxyl groups excluding tert-OH is 1. The topological polar surface area (TPSA) is 37.3 Å². The second kappa shape index (κ2) is 7.76. The molecule has 0 aromatic heterocycles. The van der Waals surface area contributed by atoms with Crippen molar-refractivity contribution in [2.75, 3.05) is 0 Å². The molecule has 30 heavy (non-hydrogen) atoms. The predicted molar refractivity (Wildman–Crippen MR) is 124 cm³/mol. The van der Waals surface area contributed by atoms with E-state index in [1.54, 1.807) is 0 Å². The number of Topliss-reactive ketones (excluding diaryl/α,β-unsaturated/α-hetero) is 1. The van der Waals surface area contributed by atoms with Crippen molar-refractivity contribution in [3.05, 3.63) is 34.9 Å². The number of rotatable bonds is 5. The zero-order chi connectivity index (χ0) is 21.8. The van der Waals surface area contributed by atoms with Gasteiger partial charge < -0.3 is 5.11 Å². The van der Waals surface area contributed by atoms with Gasteiger partial charge in [0.2, 0.25) is 0 Å². The van der Waals surface area contributed by atoms with Crippen LogP contribution in [0.4, 0.5) is 0 Å². The predicted octanol–water partition coefficient (Wildman–Crippen LogP) is 6.80. The lowest BCUT2D eigenvalue weighted by molar-refractivity contribution is -0.120. The van der Waals surface area contributed by atoms with Crippen LogP contribution in [0.2, 0.25) is 0 Å². The zero-order valence-corrected chi connectivity index (χ0v) is 19.9. The van der Waals surface area contributed by atoms with Crippen molar-refractivity contribution in [3.63, 3.8) is 0 Å². The summed E-state index contributed by atoms with van der Waals surface area (Å²) in [7, 11) is 0. The van der Waals surface area contributed by atoms with Crippen LogP contribution in [0, 0.1) is 34.5 Å². The van der Waals surface area contributed by atoms with Crippen molar-refractivity contribution in [1.82, 2.24) is 0 Å². The molecule has 0 amide bonds. The summed E-state index contributed by atoms with van der Waals surface area (Å²) in [6, 6.07) is 0. The molecule has 0 aromatic carbocycles. The Morgan fingerprint density at radius 1 is 1.23 bits per heavy atom. The molecule has 0 spiro atoms. The highest BCUT2D eigenvalue weighted by Gasteiger charge is 2.55. The summed E-state index contributed by atoms with van der Waals surface area (Å²) in [6.45, 7) is 16.0. The summed E-state index contributed by atoms with van der Waals surface area (Å²) in [5.74, 6) is 2.53. The molecule has 0 saturated heterocycles. The number of fused-ring (bicyclic) bond motifs is 4. The molecule has 0 bridgehead atoms. The van der Waals surface area contributed by atoms with E-state index in [4.69, 9.17) is 0 Å². The van der Waals surface area contributed by atoms with Gasteiger partial charge >= 0.3 is 0 Å². The van der Waals surface area contributed by atoms with E-state index in [1.807, 2.05) is 0 Å². The van der Waals surface area contributed by atoms with Crippen molar-refractivity contribution in [2.24, 2.45) is 34.5 Å². The second-order valence-electron chi connectivity index (χ2n) is 11.7. The summed E-state index contributed by atoms with van der Waals surface area (Å²) < 4.78 is 0. The fraction of sp³-hybridized carbons (Fsp3) is 0.750. The van der Waals surface area contributed by atoms with E-state index in [0.29, 0.717) is 35.9 Å². The first-order valence-corrected chi connectivity index (χ1v) is 12.4. The highest BCUT2D eigenvalue weighted by atomic mass is 16.3. The lowest BCUT2D eigenvalue weighted by Crippen LogP contribution is -2.46. The Morgan fingerprint density at radius 2 is 1.97 bits per heavy atom. The molecule has 4 aliphatic carbocycles. The van der Waals surface area contributed by atoms with E-state index < -0.39 is 0 Å². The Bertz CT molecular complexity index is 799. The number of carbonyl (C=O) groups excluding carboxylic acids is 1. The van der Waals surface area contributed by atoms with Gasteiger partial charge in [0.15, 0.2) is 5.78 Å². The summed E-state index contributed by atoms with van der Waals surface area (Å²) in [5.41, 5.74) is 5.58. The van der Waals surface area contributed by atoms with E-state index in [9.17, 15) is 9.90 Å². The van der Waals surface area contributed by atoms with Crippen LogP contribution >= 0.6 is 0 Å². The van der Waals surface area contributed by atoms with Gasteiger partial charge in [0, 0.05) is 12.0 Å². The molecule has 0 radical (unpaired) electrons. The summed E-state index contributed by atoms with van der Waals surface area (Å²) in [4.78, 5) is 13.4. The van der Waals surface area contributed by atoms with Gasteiger partial charge in [-0.15, -0.1) is 0 Å². The molecule has 0 unspecified atom stereocenters. The number of ketones is 1. The molecular formula is C28H42O2. The summed E-state index contributed by atoms with van der Waals surface area (Å²) >= 11 is 0. The molecule has 6 atom stereocenters. The Balaban J connectivity index is 1.59. The standard InChI is InChI=1S/C28H42O2/c1-17(2)18(3)7-8-19(4)22-9-10-23-26-24(12-14-28(22,23)6)27(5)13-11-21(29)15-20(27)16-25(26)30/h10,17,19-22,29H,3,7-9,11-16H2,1-2,4-6H3/t19-,20-,21+,22-,27+,28-/m1/s1. The van der Waals surface area contributed by atoms with Crippen molar-refractivity contribution >= 4 is 5.78 Å². The van der Waals surface area contributed by atoms with Crippen molar-refractivity contribution in [3.8, 4) is 0 Å². The smallest absolute Gasteiger partial charge is 0.163 e. The SMILES string of the molecule is C=C(CC[C@@H](C)[C@H]1CC=C2C3=C(CC[C@@]21C)[C@@]1(C)CC[C@H](O)C[C@@H]1CC3=O)C(C)C. The maximum atomic E-state index is 13.4. The van der Waals surface area contributed by atoms with Crippen molar-refractivity contribution in [1.29, 1.82) is 0 Å². The minimum absolute atomic E-state index is 0.114. The third kappa shape index (κ3) is 3.38. The number of hydrogen-bond acceptors (Lipinski definition) is 2. The van der Waals surface area contributed by atoms with Crippen LogP contribution in [-0.4, -0.2) is 17.0 Å². The first-order valence-electron chi connectivity index (χ1n) is 12.4. The molecule has 0 heterocycles. The highest BCUT2D eigenvalue weighted by Crippen LogP contribution is 2.63. The molecule has 166 valence electrons. The fourth-order valence-corrected chi connectivity index (χ4v) is 7.38. The van der Waals surface area contributed by atoms with E-state index in [0.717, 1.165) is 44.1 Å². The molecule has 1 N–H and O–H groups in total. The van der Waals surface area contributed by atoms with E-state index in [2.05, 4.69) is 47.3 Å². The van der Waals surface area contributed by atoms with Gasteiger partial charge in [0.05, 0.1) is 6.10 Å². The lowest BCUT2D eigenvalue weighted by Gasteiger charge is -2.53. The van der Waals surface area contributed by atoms with Gasteiger partial charge in [-0.25, -0.2) is 0 Å². The number of allylic oxidation sites excluding steroid dienone is 5. The lowest BCUT2D eigenvalue weighted by atomic mass is 9.51. The normalized spacial score (nSPS) is 39.4. The third-order valence-corrected chi connectivity index (χ3v) is 9.75. The first kappa shape index (κ1) is 22.1. The van der Waals surface area contributed by atoms with Gasteiger partial charge in [-0.2, -0.15) is 0 Å². The molecule has 2 heteroatoms. The average Bonchev–Trinajstić information content (AvgIpc) is 3.04. The van der Waals surface area contributed by atoms with E-state index >= 15 is 0 Å². The van der Waals surface area contributed by atoms with Crippen LogP contribution < -0.4 is 0 Å². The second-order valence-corrected chi connectivity index (χ2v) is 11.7. The van der Waals surface area contributed by atoms with Gasteiger partial charge in [0.25, 0.3) is 0 Å². The van der Waals surface area contributed by atoms with Gasteiger partial charge in [-0.05, 0) is 91.4 Å². The number of hydrogen-bond donors (Lipinski definition) is 1. The molecule has 1 saturated carbocycles. The van der Waals surface area contributed by atoms with Crippen LogP contribution in [-0.2, 0) is 4.79 Å². The minimum atomic E-state index is -0.219. The van der Waals surface area contributed by atoms with Crippen molar-refractivity contribution in [2.45, 2.75) is 98.5 Å². The Kier molecular flexibility index (Phi) is 5.71. The molecule has 4 rings (SSSR count). The monoisotopic (exact) mass is 410 g/mol. The molecule has 0 aliphatic heterocycles. The molecular weight excluding hydrogens is 368 g/mol. The van der Waals surface area contributed by atoms with Crippen LogP contribution in [0.3, 0.4) is 0 Å². The van der Waals surface area contributed by atoms with Crippen LogP contribution in [0.25, 0.3) is 0 Å². The Hall–Kier alpha value is -1.15. The van der Waals surface area contributed by atoms with Crippen LogP contribution in [0.5, 0.6) is 0 Å².